The van der Waals surface area contributed by atoms with Crippen molar-refractivity contribution in [2.24, 2.45) is 0 Å². The molecule has 0 amide bonds. The van der Waals surface area contributed by atoms with E-state index in [9.17, 15) is 0 Å². The maximum Gasteiger partial charge on any atom is 0.234 e. The van der Waals surface area contributed by atoms with Crippen LogP contribution < -0.4 is 5.32 Å². The maximum atomic E-state index is 5.62. The van der Waals surface area contributed by atoms with Crippen molar-refractivity contribution in [2.75, 3.05) is 13.1 Å². The first-order valence-electron chi connectivity index (χ1n) is 7.63. The Hall–Kier alpha value is -1.75. The predicted molar refractivity (Wildman–Crippen MR) is 81.1 cm³/mol. The molecule has 1 N–H and O–H groups in total. The summed E-state index contributed by atoms with van der Waals surface area (Å²) in [5, 5.41) is 7.62. The van der Waals surface area contributed by atoms with Crippen LogP contribution in [0.3, 0.4) is 0 Å². The molecule has 1 aliphatic rings. The van der Waals surface area contributed by atoms with Crippen LogP contribution in [0.25, 0.3) is 11.4 Å². The number of hydrogen-bond donors (Lipinski definition) is 1. The van der Waals surface area contributed by atoms with E-state index >= 15 is 0 Å². The molecule has 1 saturated heterocycles. The summed E-state index contributed by atoms with van der Waals surface area (Å²) in [6.07, 6.45) is 3.26. The van der Waals surface area contributed by atoms with Crippen LogP contribution in [0.5, 0.6) is 0 Å². The highest BCUT2D eigenvalue weighted by molar-refractivity contribution is 5.55. The molecule has 21 heavy (non-hydrogen) atoms. The Morgan fingerprint density at radius 1 is 1.24 bits per heavy atom. The number of aryl methyl sites for hydroxylation is 2. The summed E-state index contributed by atoms with van der Waals surface area (Å²) in [4.78, 5) is 9.08. The molecule has 0 aliphatic carbocycles. The summed E-state index contributed by atoms with van der Waals surface area (Å²) in [5.41, 5.74) is 2.94. The lowest BCUT2D eigenvalue weighted by molar-refractivity contribution is 0.277. The van der Waals surface area contributed by atoms with Gasteiger partial charge in [0.1, 0.15) is 0 Å². The largest absolute Gasteiger partial charge is 0.338 e. The summed E-state index contributed by atoms with van der Waals surface area (Å²) in [7, 11) is 0. The van der Waals surface area contributed by atoms with Gasteiger partial charge in [-0.15, -0.1) is 0 Å². The van der Waals surface area contributed by atoms with Crippen LogP contribution in [0.2, 0.25) is 0 Å². The van der Waals surface area contributed by atoms with Crippen LogP contribution in [0, 0.1) is 13.8 Å². The van der Waals surface area contributed by atoms with E-state index in [1.807, 2.05) is 26.0 Å². The van der Waals surface area contributed by atoms with Gasteiger partial charge >= 0.3 is 0 Å². The molecule has 1 unspecified atom stereocenters. The second-order valence-electron chi connectivity index (χ2n) is 6.02. The van der Waals surface area contributed by atoms with E-state index in [2.05, 4.69) is 27.4 Å². The van der Waals surface area contributed by atoms with Gasteiger partial charge in [-0.05, 0) is 45.4 Å². The van der Waals surface area contributed by atoms with Crippen molar-refractivity contribution in [3.05, 3.63) is 29.4 Å². The van der Waals surface area contributed by atoms with E-state index in [0.29, 0.717) is 5.82 Å². The molecule has 0 aromatic carbocycles. The van der Waals surface area contributed by atoms with Gasteiger partial charge in [-0.2, -0.15) is 4.98 Å². The van der Waals surface area contributed by atoms with E-state index < -0.39 is 0 Å². The molecule has 0 radical (unpaired) electrons. The van der Waals surface area contributed by atoms with Gasteiger partial charge in [0.15, 0.2) is 0 Å². The standard InChI is InChI=1S/C16H22N4O/c1-4-5-16(6-7-17-10-16)15-19-14(20-21-15)13-8-11(2)18-12(3)9-13/h8-9,17H,4-7,10H2,1-3H3. The summed E-state index contributed by atoms with van der Waals surface area (Å²) in [5.74, 6) is 1.44. The number of pyridine rings is 1. The summed E-state index contributed by atoms with van der Waals surface area (Å²) < 4.78 is 5.62. The summed E-state index contributed by atoms with van der Waals surface area (Å²) in [6.45, 7) is 8.11. The second kappa shape index (κ2) is 5.56. The molecule has 1 fully saturated rings. The molecule has 112 valence electrons. The lowest BCUT2D eigenvalue weighted by Gasteiger charge is -2.22. The van der Waals surface area contributed by atoms with Crippen LogP contribution in [0.1, 0.15) is 43.5 Å². The normalized spacial score (nSPS) is 21.9. The monoisotopic (exact) mass is 286 g/mol. The van der Waals surface area contributed by atoms with Gasteiger partial charge in [-0.1, -0.05) is 18.5 Å². The lowest BCUT2D eigenvalue weighted by Crippen LogP contribution is -2.29. The first kappa shape index (κ1) is 14.2. The molecule has 0 bridgehead atoms. The second-order valence-corrected chi connectivity index (χ2v) is 6.02. The number of hydrogen-bond acceptors (Lipinski definition) is 5. The molecule has 5 nitrogen and oxygen atoms in total. The van der Waals surface area contributed by atoms with Gasteiger partial charge < -0.3 is 9.84 Å². The highest BCUT2D eigenvalue weighted by Gasteiger charge is 2.40. The first-order valence-corrected chi connectivity index (χ1v) is 7.63. The summed E-state index contributed by atoms with van der Waals surface area (Å²) in [6, 6.07) is 4.00. The van der Waals surface area contributed by atoms with Crippen molar-refractivity contribution < 1.29 is 4.52 Å². The molecule has 5 heteroatoms. The Labute approximate surface area is 125 Å². The fraction of sp³-hybridized carbons (Fsp3) is 0.562. The van der Waals surface area contributed by atoms with E-state index in [4.69, 9.17) is 4.52 Å². The third kappa shape index (κ3) is 2.70. The first-order chi connectivity index (χ1) is 10.1. The number of rotatable bonds is 4. The van der Waals surface area contributed by atoms with Gasteiger partial charge in [-0.3, -0.25) is 4.98 Å². The summed E-state index contributed by atoms with van der Waals surface area (Å²) >= 11 is 0. The lowest BCUT2D eigenvalue weighted by atomic mass is 9.82. The van der Waals surface area contributed by atoms with Crippen LogP contribution in [-0.2, 0) is 5.41 Å². The quantitative estimate of drug-likeness (QED) is 0.936. The Morgan fingerprint density at radius 2 is 2.00 bits per heavy atom. The molecule has 1 aliphatic heterocycles. The molecule has 0 spiro atoms. The molecule has 0 saturated carbocycles. The molecule has 2 aromatic rings. The fourth-order valence-electron chi connectivity index (χ4n) is 3.24. The highest BCUT2D eigenvalue weighted by Crippen LogP contribution is 2.35. The van der Waals surface area contributed by atoms with Gasteiger partial charge in [0.25, 0.3) is 0 Å². The van der Waals surface area contributed by atoms with Crippen molar-refractivity contribution >= 4 is 0 Å². The van der Waals surface area contributed by atoms with E-state index in [0.717, 1.165) is 55.2 Å². The van der Waals surface area contributed by atoms with E-state index in [1.54, 1.807) is 0 Å². The predicted octanol–water partition coefficient (Wildman–Crippen LogP) is 2.78. The van der Waals surface area contributed by atoms with Gasteiger partial charge in [-0.25, -0.2) is 0 Å². The SMILES string of the molecule is CCCC1(c2nc(-c3cc(C)nc(C)c3)no2)CCNC1. The maximum absolute atomic E-state index is 5.62. The molecular weight excluding hydrogens is 264 g/mol. The minimum atomic E-state index is 0.0110. The van der Waals surface area contributed by atoms with Crippen molar-refractivity contribution in [3.8, 4) is 11.4 Å². The Balaban J connectivity index is 1.95. The molecule has 2 aromatic heterocycles. The molecular formula is C16H22N4O. The van der Waals surface area contributed by atoms with Crippen molar-refractivity contribution in [3.63, 3.8) is 0 Å². The third-order valence-corrected chi connectivity index (χ3v) is 4.19. The number of nitrogens with one attached hydrogen (secondary N) is 1. The zero-order chi connectivity index (χ0) is 14.9. The Kier molecular flexibility index (Phi) is 3.76. The molecule has 1 atom stereocenters. The average molecular weight is 286 g/mol. The van der Waals surface area contributed by atoms with Gasteiger partial charge in [0.05, 0.1) is 5.41 Å². The van der Waals surface area contributed by atoms with Crippen molar-refractivity contribution in [2.45, 2.75) is 45.4 Å². The van der Waals surface area contributed by atoms with Crippen LogP contribution in [0.15, 0.2) is 16.7 Å². The Bertz CT molecular complexity index is 609. The fourth-order valence-corrected chi connectivity index (χ4v) is 3.24. The van der Waals surface area contributed by atoms with Crippen LogP contribution in [-0.4, -0.2) is 28.2 Å². The minimum Gasteiger partial charge on any atom is -0.338 e. The van der Waals surface area contributed by atoms with Crippen molar-refractivity contribution in [1.29, 1.82) is 0 Å². The van der Waals surface area contributed by atoms with Gasteiger partial charge in [0, 0.05) is 23.5 Å². The molecule has 3 rings (SSSR count). The minimum absolute atomic E-state index is 0.0110. The Morgan fingerprint density at radius 3 is 2.62 bits per heavy atom. The number of aromatic nitrogens is 3. The third-order valence-electron chi connectivity index (χ3n) is 4.19. The molecule has 3 heterocycles. The zero-order valence-electron chi connectivity index (χ0n) is 12.9. The van der Waals surface area contributed by atoms with Crippen molar-refractivity contribution in [1.82, 2.24) is 20.4 Å². The van der Waals surface area contributed by atoms with Crippen LogP contribution >= 0.6 is 0 Å². The highest BCUT2D eigenvalue weighted by atomic mass is 16.5. The average Bonchev–Trinajstić information content (AvgIpc) is 3.07. The van der Waals surface area contributed by atoms with Gasteiger partial charge in [0.2, 0.25) is 11.7 Å². The zero-order valence-corrected chi connectivity index (χ0v) is 12.9. The number of nitrogens with zero attached hydrogens (tertiary/aromatic N) is 3. The van der Waals surface area contributed by atoms with Crippen LogP contribution in [0.4, 0.5) is 0 Å². The van der Waals surface area contributed by atoms with E-state index in [-0.39, 0.29) is 5.41 Å². The topological polar surface area (TPSA) is 63.8 Å². The van der Waals surface area contributed by atoms with E-state index in [1.165, 1.54) is 0 Å². The smallest absolute Gasteiger partial charge is 0.234 e.